The number of rotatable bonds is 3. The molecule has 0 amide bonds. The second-order valence-electron chi connectivity index (χ2n) is 3.25. The Morgan fingerprint density at radius 2 is 1.08 bits per heavy atom. The first-order valence-electron chi connectivity index (χ1n) is 4.08. The molecular formula is C8H18N2O2+2. The summed E-state index contributed by atoms with van der Waals surface area (Å²) in [4.78, 5) is 0. The summed E-state index contributed by atoms with van der Waals surface area (Å²) < 4.78 is 2.07. The molecule has 0 radical (unpaired) electrons. The zero-order valence-corrected chi connectivity index (χ0v) is 8.10. The maximum Gasteiger partial charge on any atom is 0.283 e. The van der Waals surface area contributed by atoms with Crippen LogP contribution in [-0.4, -0.2) is 44.4 Å². The van der Waals surface area contributed by atoms with E-state index in [2.05, 4.69) is 0 Å². The normalized spacial score (nSPS) is 14.5. The van der Waals surface area contributed by atoms with Crippen LogP contribution in [0, 0.1) is 0 Å². The SMILES string of the molecule is CC(C)/[N+](O)=C/C=[N+](\O)C(C)C. The maximum absolute atomic E-state index is 9.17. The van der Waals surface area contributed by atoms with Crippen LogP contribution in [-0.2, 0) is 0 Å². The van der Waals surface area contributed by atoms with Crippen LogP contribution in [0.1, 0.15) is 27.7 Å². The summed E-state index contributed by atoms with van der Waals surface area (Å²) in [5.41, 5.74) is 0. The van der Waals surface area contributed by atoms with Gasteiger partial charge in [-0.25, -0.2) is 0 Å². The molecule has 0 unspecified atom stereocenters. The van der Waals surface area contributed by atoms with Gasteiger partial charge in [-0.05, 0) is 9.48 Å². The van der Waals surface area contributed by atoms with Crippen molar-refractivity contribution in [2.24, 2.45) is 0 Å². The lowest BCUT2D eigenvalue weighted by atomic mass is 10.4. The molecule has 0 aromatic rings. The Hall–Kier alpha value is -1.06. The van der Waals surface area contributed by atoms with Crippen LogP contribution in [0.4, 0.5) is 0 Å². The number of hydroxylamine groups is 2. The summed E-state index contributed by atoms with van der Waals surface area (Å²) in [7, 11) is 0. The summed E-state index contributed by atoms with van der Waals surface area (Å²) in [6.45, 7) is 7.39. The summed E-state index contributed by atoms with van der Waals surface area (Å²) in [6, 6.07) is 0.0311. The van der Waals surface area contributed by atoms with Crippen LogP contribution >= 0.6 is 0 Å². The smallest absolute Gasteiger partial charge is 0.283 e. The predicted molar refractivity (Wildman–Crippen MR) is 46.5 cm³/mol. The Kier molecular flexibility index (Phi) is 4.33. The minimum Gasteiger partial charge on any atom is -0.290 e. The van der Waals surface area contributed by atoms with Crippen LogP contribution in [0.3, 0.4) is 0 Å². The third-order valence-electron chi connectivity index (χ3n) is 1.43. The zero-order chi connectivity index (χ0) is 9.72. The molecule has 70 valence electrons. The van der Waals surface area contributed by atoms with Crippen molar-refractivity contribution >= 4 is 12.4 Å². The van der Waals surface area contributed by atoms with Gasteiger partial charge in [0.1, 0.15) is 0 Å². The van der Waals surface area contributed by atoms with Gasteiger partial charge in [-0.15, -0.1) is 0 Å². The van der Waals surface area contributed by atoms with Gasteiger partial charge in [0, 0.05) is 27.7 Å². The highest BCUT2D eigenvalue weighted by molar-refractivity contribution is 6.10. The van der Waals surface area contributed by atoms with E-state index < -0.39 is 0 Å². The molecule has 0 atom stereocenters. The van der Waals surface area contributed by atoms with Gasteiger partial charge in [0.25, 0.3) is 12.4 Å². The summed E-state index contributed by atoms with van der Waals surface area (Å²) >= 11 is 0. The van der Waals surface area contributed by atoms with E-state index in [-0.39, 0.29) is 12.1 Å². The first-order chi connectivity index (χ1) is 5.45. The molecule has 2 N–H and O–H groups in total. The molecule has 0 aliphatic carbocycles. The van der Waals surface area contributed by atoms with Crippen LogP contribution in [0.25, 0.3) is 0 Å². The Labute approximate surface area is 73.0 Å². The van der Waals surface area contributed by atoms with Gasteiger partial charge in [-0.1, -0.05) is 0 Å². The van der Waals surface area contributed by atoms with Crippen molar-refractivity contribution in [2.45, 2.75) is 39.8 Å². The molecule has 0 aliphatic heterocycles. The molecular weight excluding hydrogens is 156 g/mol. The minimum atomic E-state index is 0.0156. The average Bonchev–Trinajstić information content (AvgIpc) is 1.98. The first kappa shape index (κ1) is 10.9. The molecule has 0 spiro atoms. The van der Waals surface area contributed by atoms with Crippen LogP contribution in [0.15, 0.2) is 0 Å². The summed E-state index contributed by atoms with van der Waals surface area (Å²) in [6.07, 6.45) is 2.84. The second-order valence-corrected chi connectivity index (χ2v) is 3.25. The standard InChI is InChI=1S/C8H18N2O2/c1-7(2)9(11)5-6-10(12)8(3)4/h5-8,11-12H,1-4H3/q+2/b9-5-,10-6-. The van der Waals surface area contributed by atoms with E-state index in [0.29, 0.717) is 0 Å². The molecule has 0 heterocycles. The first-order valence-corrected chi connectivity index (χ1v) is 4.08. The Bertz CT molecular complexity index is 173. The Balaban J connectivity index is 4.27. The van der Waals surface area contributed by atoms with E-state index in [1.165, 1.54) is 12.4 Å². The third-order valence-corrected chi connectivity index (χ3v) is 1.43. The highest BCUT2D eigenvalue weighted by Gasteiger charge is 2.10. The zero-order valence-electron chi connectivity index (χ0n) is 8.10. The van der Waals surface area contributed by atoms with Gasteiger partial charge in [-0.2, -0.15) is 0 Å². The molecule has 0 bridgehead atoms. The molecule has 4 nitrogen and oxygen atoms in total. The maximum atomic E-state index is 9.17. The van der Waals surface area contributed by atoms with Gasteiger partial charge in [0.05, 0.1) is 0 Å². The molecule has 0 aliphatic rings. The van der Waals surface area contributed by atoms with Crippen molar-refractivity contribution in [3.05, 3.63) is 0 Å². The topological polar surface area (TPSA) is 46.5 Å². The highest BCUT2D eigenvalue weighted by Crippen LogP contribution is 1.82. The lowest BCUT2D eigenvalue weighted by Gasteiger charge is -1.94. The molecule has 0 saturated heterocycles. The minimum absolute atomic E-state index is 0.0156. The van der Waals surface area contributed by atoms with Crippen LogP contribution < -0.4 is 0 Å². The Morgan fingerprint density at radius 3 is 1.25 bits per heavy atom. The number of hydrogen-bond acceptors (Lipinski definition) is 2. The van der Waals surface area contributed by atoms with Gasteiger partial charge in [-0.3, -0.25) is 10.4 Å². The molecule has 0 aromatic heterocycles. The number of nitrogens with zero attached hydrogens (tertiary/aromatic N) is 2. The van der Waals surface area contributed by atoms with E-state index in [4.69, 9.17) is 10.4 Å². The van der Waals surface area contributed by atoms with Crippen molar-refractivity contribution in [3.8, 4) is 0 Å². The van der Waals surface area contributed by atoms with Crippen molar-refractivity contribution in [1.82, 2.24) is 0 Å². The van der Waals surface area contributed by atoms with Gasteiger partial charge >= 0.3 is 0 Å². The average molecular weight is 174 g/mol. The molecule has 0 aromatic carbocycles. The van der Waals surface area contributed by atoms with E-state index in [1.54, 1.807) is 0 Å². The predicted octanol–water partition coefficient (Wildman–Crippen LogP) is 0.748. The highest BCUT2D eigenvalue weighted by atomic mass is 16.5. The van der Waals surface area contributed by atoms with Crippen molar-refractivity contribution in [2.75, 3.05) is 0 Å². The molecule has 0 rings (SSSR count). The molecule has 4 heteroatoms. The number of hydrogen-bond donors (Lipinski definition) is 2. The van der Waals surface area contributed by atoms with Crippen molar-refractivity contribution in [1.29, 1.82) is 0 Å². The van der Waals surface area contributed by atoms with E-state index in [1.807, 2.05) is 27.7 Å². The lowest BCUT2D eigenvalue weighted by molar-refractivity contribution is -0.800. The van der Waals surface area contributed by atoms with Crippen LogP contribution in [0.2, 0.25) is 0 Å². The fraction of sp³-hybridized carbons (Fsp3) is 0.750. The second kappa shape index (κ2) is 4.74. The quantitative estimate of drug-likeness (QED) is 0.287. The van der Waals surface area contributed by atoms with Crippen molar-refractivity contribution < 1.29 is 19.9 Å². The van der Waals surface area contributed by atoms with Gasteiger partial charge < -0.3 is 0 Å². The van der Waals surface area contributed by atoms with Crippen LogP contribution in [0.5, 0.6) is 0 Å². The molecule has 0 fully saturated rings. The largest absolute Gasteiger partial charge is 0.290 e. The summed E-state index contributed by atoms with van der Waals surface area (Å²) in [5.74, 6) is 0. The monoisotopic (exact) mass is 174 g/mol. The lowest BCUT2D eigenvalue weighted by Crippen LogP contribution is -2.23. The van der Waals surface area contributed by atoms with Gasteiger partial charge in [0.2, 0.25) is 0 Å². The van der Waals surface area contributed by atoms with Gasteiger partial charge in [0.15, 0.2) is 12.1 Å². The third kappa shape index (κ3) is 3.95. The fourth-order valence-electron chi connectivity index (χ4n) is 0.481. The van der Waals surface area contributed by atoms with E-state index in [0.717, 1.165) is 9.48 Å². The van der Waals surface area contributed by atoms with E-state index >= 15 is 0 Å². The van der Waals surface area contributed by atoms with Crippen molar-refractivity contribution in [3.63, 3.8) is 0 Å². The summed E-state index contributed by atoms with van der Waals surface area (Å²) in [5, 5.41) is 18.3. The fourth-order valence-corrected chi connectivity index (χ4v) is 0.481. The Morgan fingerprint density at radius 1 is 0.833 bits per heavy atom. The molecule has 0 saturated carbocycles. The van der Waals surface area contributed by atoms with E-state index in [9.17, 15) is 0 Å². The molecule has 12 heavy (non-hydrogen) atoms.